The molecule has 2 saturated carbocycles. The molecule has 2 unspecified atom stereocenters. The van der Waals surface area contributed by atoms with Gasteiger partial charge < -0.3 is 14.9 Å². The Hall–Kier alpha value is -3.52. The molecular weight excluding hydrogens is 542 g/mol. The van der Waals surface area contributed by atoms with E-state index in [4.69, 9.17) is 0 Å². The first-order valence-electron chi connectivity index (χ1n) is 15.9. The van der Waals surface area contributed by atoms with Crippen LogP contribution in [0.15, 0.2) is 73.3 Å². The molecule has 3 aliphatic rings. The van der Waals surface area contributed by atoms with Gasteiger partial charge >= 0.3 is 5.97 Å². The maximum atomic E-state index is 13.1. The third-order valence-electron chi connectivity index (χ3n) is 9.35. The van der Waals surface area contributed by atoms with Crippen LogP contribution in [0, 0.1) is 33.8 Å². The third-order valence-corrected chi connectivity index (χ3v) is 9.35. The first kappa shape index (κ1) is 32.4. The second-order valence-electron chi connectivity index (χ2n) is 12.5. The van der Waals surface area contributed by atoms with Gasteiger partial charge in [-0.25, -0.2) is 0 Å². The monoisotopic (exact) mass is 589 g/mol. The Balaban J connectivity index is 0.000000628. The van der Waals surface area contributed by atoms with Gasteiger partial charge in [0.15, 0.2) is 0 Å². The van der Waals surface area contributed by atoms with Crippen molar-refractivity contribution in [3.8, 4) is 0 Å². The molecule has 0 bridgehead atoms. The second kappa shape index (κ2) is 16.4. The number of aryl methyl sites for hydroxylation is 1. The van der Waals surface area contributed by atoms with E-state index in [-0.39, 0.29) is 23.6 Å². The number of amides is 1. The van der Waals surface area contributed by atoms with Crippen molar-refractivity contribution in [3.05, 3.63) is 89.0 Å². The number of hydrogen-bond donors (Lipinski definition) is 1. The second-order valence-corrected chi connectivity index (χ2v) is 12.5. The molecule has 43 heavy (non-hydrogen) atoms. The Kier molecular flexibility index (Phi) is 12.3. The summed E-state index contributed by atoms with van der Waals surface area (Å²) in [7, 11) is 0. The van der Waals surface area contributed by atoms with E-state index in [1.165, 1.54) is 25.0 Å². The van der Waals surface area contributed by atoms with E-state index in [0.29, 0.717) is 37.1 Å². The largest absolute Gasteiger partial charge is 0.481 e. The van der Waals surface area contributed by atoms with Crippen LogP contribution >= 0.6 is 0 Å². The molecule has 1 N–H and O–H groups in total. The highest BCUT2D eigenvalue weighted by atomic mass is 16.6. The van der Waals surface area contributed by atoms with Crippen LogP contribution in [0.25, 0.3) is 0 Å². The van der Waals surface area contributed by atoms with Gasteiger partial charge in [0, 0.05) is 50.8 Å². The van der Waals surface area contributed by atoms with Gasteiger partial charge in [-0.15, -0.1) is 6.58 Å². The molecule has 1 aliphatic heterocycles. The number of nitro groups is 1. The van der Waals surface area contributed by atoms with E-state index in [9.17, 15) is 24.8 Å². The van der Waals surface area contributed by atoms with Crippen LogP contribution < -0.4 is 0 Å². The fourth-order valence-electron chi connectivity index (χ4n) is 6.79. The van der Waals surface area contributed by atoms with E-state index in [1.54, 1.807) is 18.2 Å². The number of nitrogens with zero attached hydrogens (tertiary/aromatic N) is 3. The molecule has 0 aromatic heterocycles. The van der Waals surface area contributed by atoms with Gasteiger partial charge in [0.1, 0.15) is 0 Å². The van der Waals surface area contributed by atoms with Crippen molar-refractivity contribution in [1.29, 1.82) is 0 Å². The van der Waals surface area contributed by atoms with Gasteiger partial charge in [-0.3, -0.25) is 19.7 Å². The average molecular weight is 590 g/mol. The molecule has 8 heteroatoms. The van der Waals surface area contributed by atoms with E-state index in [2.05, 4.69) is 11.5 Å². The number of non-ortho nitro benzene ring substituents is 1. The summed E-state index contributed by atoms with van der Waals surface area (Å²) < 4.78 is 0. The maximum Gasteiger partial charge on any atom is 0.306 e. The lowest BCUT2D eigenvalue weighted by atomic mass is 9.86. The zero-order valence-corrected chi connectivity index (χ0v) is 25.3. The molecule has 2 aromatic rings. The van der Waals surface area contributed by atoms with Gasteiger partial charge in [-0.05, 0) is 68.3 Å². The van der Waals surface area contributed by atoms with Crippen molar-refractivity contribution in [2.24, 2.45) is 23.7 Å². The number of aliphatic carboxylic acids is 1. The minimum absolute atomic E-state index is 0.0585. The standard InChI is InChI=1S/C29H41N3O5.C6H6/c1-2-15-31(28(33)12-8-21-6-10-26(11-7-21)32(36)37)25-13-16-30(17-14-25)20-23-5-9-24(18-23)27(29(34)35)19-22-3-4-22;1-2-4-6-5-3-1/h2,6-7,10-11,22-25,27H,1,3-5,8-9,12-20H2,(H,34,35);1-6H/t23-,24?,27?;/m1./s1. The Morgan fingerprint density at radius 3 is 2.12 bits per heavy atom. The summed E-state index contributed by atoms with van der Waals surface area (Å²) in [5.41, 5.74) is 0.979. The summed E-state index contributed by atoms with van der Waals surface area (Å²) >= 11 is 0. The van der Waals surface area contributed by atoms with Crippen LogP contribution in [0.5, 0.6) is 0 Å². The number of carbonyl (C=O) groups is 2. The smallest absolute Gasteiger partial charge is 0.306 e. The lowest BCUT2D eigenvalue weighted by Crippen LogP contribution is -2.48. The van der Waals surface area contributed by atoms with Crippen molar-refractivity contribution in [2.75, 3.05) is 26.2 Å². The van der Waals surface area contributed by atoms with Crippen LogP contribution in [-0.2, 0) is 16.0 Å². The summed E-state index contributed by atoms with van der Waals surface area (Å²) in [6.45, 7) is 7.34. The van der Waals surface area contributed by atoms with Crippen LogP contribution in [0.3, 0.4) is 0 Å². The number of carboxylic acids is 1. The van der Waals surface area contributed by atoms with Crippen molar-refractivity contribution >= 4 is 17.6 Å². The third kappa shape index (κ3) is 10.3. The maximum absolute atomic E-state index is 13.1. The van der Waals surface area contributed by atoms with Crippen molar-refractivity contribution in [1.82, 2.24) is 9.80 Å². The molecule has 232 valence electrons. The summed E-state index contributed by atoms with van der Waals surface area (Å²) in [6.07, 6.45) is 11.1. The number of hydrogen-bond acceptors (Lipinski definition) is 5. The number of piperidine rings is 1. The fourth-order valence-corrected chi connectivity index (χ4v) is 6.79. The molecular formula is C35H47N3O5. The molecule has 1 amide bonds. The number of carbonyl (C=O) groups excluding carboxylic acids is 1. The molecule has 3 fully saturated rings. The molecule has 5 rings (SSSR count). The highest BCUT2D eigenvalue weighted by Gasteiger charge is 2.39. The molecule has 1 saturated heterocycles. The minimum Gasteiger partial charge on any atom is -0.481 e. The van der Waals surface area contributed by atoms with Crippen LogP contribution in [-0.4, -0.2) is 63.9 Å². The van der Waals surface area contributed by atoms with Crippen LogP contribution in [0.2, 0.25) is 0 Å². The summed E-state index contributed by atoms with van der Waals surface area (Å²) in [5.74, 6) is 0.902. The number of likely N-dealkylation sites (tertiary alicyclic amines) is 1. The number of benzene rings is 2. The molecule has 3 atom stereocenters. The number of rotatable bonds is 13. The van der Waals surface area contributed by atoms with Gasteiger partial charge in [-0.2, -0.15) is 0 Å². The number of nitro benzene ring substituents is 1. The first-order chi connectivity index (χ1) is 20.8. The molecule has 1 heterocycles. The highest BCUT2D eigenvalue weighted by Crippen LogP contribution is 2.43. The minimum atomic E-state index is -0.598. The Bertz CT molecular complexity index is 1150. The lowest BCUT2D eigenvalue weighted by Gasteiger charge is -2.39. The lowest BCUT2D eigenvalue weighted by molar-refractivity contribution is -0.384. The van der Waals surface area contributed by atoms with Crippen LogP contribution in [0.1, 0.15) is 63.4 Å². The van der Waals surface area contributed by atoms with E-state index < -0.39 is 10.9 Å². The predicted octanol–water partition coefficient (Wildman–Crippen LogP) is 6.61. The number of carboxylic acid groups (broad SMARTS) is 1. The Labute approximate surface area is 255 Å². The predicted molar refractivity (Wildman–Crippen MR) is 169 cm³/mol. The van der Waals surface area contributed by atoms with Crippen molar-refractivity contribution in [2.45, 2.75) is 70.3 Å². The normalized spacial score (nSPS) is 21.3. The van der Waals surface area contributed by atoms with Gasteiger partial charge in [0.25, 0.3) is 5.69 Å². The van der Waals surface area contributed by atoms with Gasteiger partial charge in [0.2, 0.25) is 5.91 Å². The molecule has 2 aromatic carbocycles. The van der Waals surface area contributed by atoms with Crippen molar-refractivity contribution in [3.63, 3.8) is 0 Å². The van der Waals surface area contributed by atoms with Gasteiger partial charge in [0.05, 0.1) is 10.8 Å². The zero-order chi connectivity index (χ0) is 30.6. The van der Waals surface area contributed by atoms with Crippen molar-refractivity contribution < 1.29 is 19.6 Å². The molecule has 0 spiro atoms. The summed E-state index contributed by atoms with van der Waals surface area (Å²) in [6, 6.07) is 18.6. The first-order valence-corrected chi connectivity index (χ1v) is 15.9. The fraction of sp³-hybridized carbons (Fsp3) is 0.543. The Morgan fingerprint density at radius 1 is 0.977 bits per heavy atom. The molecule has 8 nitrogen and oxygen atoms in total. The molecule has 2 aliphatic carbocycles. The zero-order valence-electron chi connectivity index (χ0n) is 25.3. The quantitative estimate of drug-likeness (QED) is 0.160. The SMILES string of the molecule is C=CCN(C(=O)CCc1ccc([N+](=O)[O-])cc1)C1CCN(C[C@@H]2CCC(C(CC3CC3)C(=O)O)C2)CC1.c1ccccc1. The average Bonchev–Trinajstić information content (AvgIpc) is 3.74. The van der Waals surface area contributed by atoms with E-state index in [1.807, 2.05) is 41.3 Å². The van der Waals surface area contributed by atoms with E-state index in [0.717, 1.165) is 63.7 Å². The highest BCUT2D eigenvalue weighted by molar-refractivity contribution is 5.77. The Morgan fingerprint density at radius 2 is 1.58 bits per heavy atom. The van der Waals surface area contributed by atoms with Gasteiger partial charge in [-0.1, -0.05) is 67.4 Å². The molecule has 0 radical (unpaired) electrons. The topological polar surface area (TPSA) is 104 Å². The van der Waals surface area contributed by atoms with Crippen LogP contribution in [0.4, 0.5) is 5.69 Å². The summed E-state index contributed by atoms with van der Waals surface area (Å²) in [4.78, 5) is 39.8. The van der Waals surface area contributed by atoms with E-state index >= 15 is 0 Å². The summed E-state index contributed by atoms with van der Waals surface area (Å²) in [5, 5.41) is 20.6.